The number of benzene rings is 9. The first-order chi connectivity index (χ1) is 29.8. The lowest BCUT2D eigenvalue weighted by atomic mass is 9.99. The van der Waals surface area contributed by atoms with Gasteiger partial charge in [0.15, 0.2) is 11.6 Å². The van der Waals surface area contributed by atoms with Gasteiger partial charge in [0.05, 0.1) is 22.1 Å². The highest BCUT2D eigenvalue weighted by Crippen LogP contribution is 2.40. The summed E-state index contributed by atoms with van der Waals surface area (Å²) in [5.41, 5.74) is 11.7. The second kappa shape index (κ2) is 13.8. The molecule has 5 heteroatoms. The molecular weight excluding hydrogens is 731 g/mol. The monoisotopic (exact) mass is 765 g/mol. The number of nitrogens with zero attached hydrogens (tertiary/aromatic N) is 5. The van der Waals surface area contributed by atoms with Gasteiger partial charge in [0.2, 0.25) is 5.95 Å². The minimum absolute atomic E-state index is 0.555. The highest BCUT2D eigenvalue weighted by atomic mass is 15.2. The standard InChI is InChI=1S/C55H35N5/c1-3-15-36(16-4-1)37-27-29-40(30-28-37)53-56-54(46-24-10-9-20-42(46)38-17-5-2-6-18-38)58-55(57-53)60-50-34-31-39-19-7-8-21-43(39)52(50)47-33-32-41(35-51(47)60)59-48-25-13-11-22-44(48)45-23-12-14-26-49(45)59/h1-35H. The lowest BCUT2D eigenvalue weighted by Gasteiger charge is -2.14. The van der Waals surface area contributed by atoms with Crippen LogP contribution < -0.4 is 0 Å². The van der Waals surface area contributed by atoms with Gasteiger partial charge < -0.3 is 4.57 Å². The first-order valence-electron chi connectivity index (χ1n) is 20.3. The first kappa shape index (κ1) is 33.9. The van der Waals surface area contributed by atoms with Gasteiger partial charge in [-0.15, -0.1) is 0 Å². The Bertz CT molecular complexity index is 3530. The van der Waals surface area contributed by atoms with E-state index >= 15 is 0 Å². The zero-order valence-corrected chi connectivity index (χ0v) is 32.4. The quantitative estimate of drug-likeness (QED) is 0.169. The van der Waals surface area contributed by atoms with E-state index in [1.54, 1.807) is 0 Å². The van der Waals surface area contributed by atoms with Gasteiger partial charge in [0.25, 0.3) is 0 Å². The van der Waals surface area contributed by atoms with Gasteiger partial charge in [0, 0.05) is 38.4 Å². The number of hydrogen-bond acceptors (Lipinski definition) is 3. The maximum atomic E-state index is 5.43. The van der Waals surface area contributed by atoms with Gasteiger partial charge in [-0.2, -0.15) is 9.97 Å². The summed E-state index contributed by atoms with van der Waals surface area (Å²) in [6.45, 7) is 0. The van der Waals surface area contributed by atoms with Crippen LogP contribution in [-0.4, -0.2) is 24.1 Å². The third kappa shape index (κ3) is 5.44. The molecule has 60 heavy (non-hydrogen) atoms. The Balaban J connectivity index is 1.16. The van der Waals surface area contributed by atoms with E-state index in [0.717, 1.165) is 71.9 Å². The lowest BCUT2D eigenvalue weighted by Crippen LogP contribution is -2.07. The topological polar surface area (TPSA) is 48.5 Å². The van der Waals surface area contributed by atoms with E-state index in [9.17, 15) is 0 Å². The van der Waals surface area contributed by atoms with Gasteiger partial charge in [-0.1, -0.05) is 182 Å². The van der Waals surface area contributed by atoms with Crippen LogP contribution in [-0.2, 0) is 0 Å². The van der Waals surface area contributed by atoms with Crippen LogP contribution in [0.15, 0.2) is 212 Å². The molecule has 0 atom stereocenters. The Kier molecular flexibility index (Phi) is 7.78. The molecule has 5 nitrogen and oxygen atoms in total. The molecule has 0 aliphatic carbocycles. The van der Waals surface area contributed by atoms with Gasteiger partial charge in [0.1, 0.15) is 0 Å². The molecule has 0 aliphatic rings. The summed E-state index contributed by atoms with van der Waals surface area (Å²) < 4.78 is 4.62. The van der Waals surface area contributed by atoms with Crippen molar-refractivity contribution in [1.82, 2.24) is 24.1 Å². The Hall–Kier alpha value is -8.15. The van der Waals surface area contributed by atoms with Crippen LogP contribution in [0.4, 0.5) is 0 Å². The molecule has 3 heterocycles. The smallest absolute Gasteiger partial charge is 0.238 e. The van der Waals surface area contributed by atoms with Crippen LogP contribution in [0.3, 0.4) is 0 Å². The number of hydrogen-bond donors (Lipinski definition) is 0. The van der Waals surface area contributed by atoms with E-state index in [4.69, 9.17) is 15.0 Å². The third-order valence-corrected chi connectivity index (χ3v) is 11.8. The van der Waals surface area contributed by atoms with E-state index in [-0.39, 0.29) is 0 Å². The van der Waals surface area contributed by atoms with Crippen molar-refractivity contribution in [3.05, 3.63) is 212 Å². The average Bonchev–Trinajstić information content (AvgIpc) is 3.85. The molecule has 0 radical (unpaired) electrons. The summed E-state index contributed by atoms with van der Waals surface area (Å²) in [5.74, 6) is 1.77. The van der Waals surface area contributed by atoms with Gasteiger partial charge in [-0.3, -0.25) is 4.57 Å². The summed E-state index contributed by atoms with van der Waals surface area (Å²) in [6.07, 6.45) is 0. The van der Waals surface area contributed by atoms with E-state index in [1.807, 2.05) is 12.1 Å². The predicted octanol–water partition coefficient (Wildman–Crippen LogP) is 13.9. The maximum Gasteiger partial charge on any atom is 0.238 e. The molecule has 0 aliphatic heterocycles. The van der Waals surface area contributed by atoms with Crippen molar-refractivity contribution in [2.75, 3.05) is 0 Å². The van der Waals surface area contributed by atoms with Crippen LogP contribution in [0.25, 0.3) is 111 Å². The van der Waals surface area contributed by atoms with Crippen molar-refractivity contribution in [3.63, 3.8) is 0 Å². The van der Waals surface area contributed by atoms with Crippen LogP contribution in [0.5, 0.6) is 0 Å². The summed E-state index contributed by atoms with van der Waals surface area (Å²) in [4.78, 5) is 16.1. The molecule has 0 saturated heterocycles. The van der Waals surface area contributed by atoms with Crippen LogP contribution in [0.1, 0.15) is 0 Å². The molecule has 0 fully saturated rings. The van der Waals surface area contributed by atoms with Crippen LogP contribution in [0, 0.1) is 0 Å². The van der Waals surface area contributed by atoms with E-state index < -0.39 is 0 Å². The van der Waals surface area contributed by atoms with E-state index in [1.165, 1.54) is 21.5 Å². The molecule has 0 amide bonds. The van der Waals surface area contributed by atoms with Gasteiger partial charge in [-0.05, 0) is 63.4 Å². The molecule has 9 aromatic carbocycles. The Morgan fingerprint density at radius 3 is 1.60 bits per heavy atom. The van der Waals surface area contributed by atoms with Crippen molar-refractivity contribution in [3.8, 4) is 56.7 Å². The lowest BCUT2D eigenvalue weighted by molar-refractivity contribution is 0.953. The normalized spacial score (nSPS) is 11.7. The Labute approximate surface area is 346 Å². The fraction of sp³-hybridized carbons (Fsp3) is 0. The largest absolute Gasteiger partial charge is 0.309 e. The van der Waals surface area contributed by atoms with Crippen molar-refractivity contribution in [2.24, 2.45) is 0 Å². The maximum absolute atomic E-state index is 5.43. The number of para-hydroxylation sites is 2. The molecule has 0 saturated carbocycles. The SMILES string of the molecule is c1ccc(-c2ccc(-c3nc(-c4ccccc4-c4ccccc4)nc(-n4c5cc(-n6c7ccccc7c7ccccc76)ccc5c5c6ccccc6ccc54)n3)cc2)cc1. The van der Waals surface area contributed by atoms with Gasteiger partial charge in [-0.25, -0.2) is 4.98 Å². The minimum Gasteiger partial charge on any atom is -0.309 e. The number of fused-ring (bicyclic) bond motifs is 8. The fourth-order valence-electron chi connectivity index (χ4n) is 9.04. The second-order valence-corrected chi connectivity index (χ2v) is 15.2. The molecule has 12 aromatic rings. The molecule has 280 valence electrons. The fourth-order valence-corrected chi connectivity index (χ4v) is 9.04. The zero-order chi connectivity index (χ0) is 39.6. The van der Waals surface area contributed by atoms with Crippen LogP contribution in [0.2, 0.25) is 0 Å². The van der Waals surface area contributed by atoms with E-state index in [2.05, 4.69) is 209 Å². The molecule has 3 aromatic heterocycles. The molecule has 0 bridgehead atoms. The van der Waals surface area contributed by atoms with Crippen molar-refractivity contribution < 1.29 is 0 Å². The number of aromatic nitrogens is 5. The minimum atomic E-state index is 0.555. The predicted molar refractivity (Wildman–Crippen MR) is 248 cm³/mol. The molecule has 0 N–H and O–H groups in total. The van der Waals surface area contributed by atoms with E-state index in [0.29, 0.717) is 17.6 Å². The highest BCUT2D eigenvalue weighted by molar-refractivity contribution is 6.21. The number of rotatable bonds is 6. The van der Waals surface area contributed by atoms with Crippen molar-refractivity contribution in [2.45, 2.75) is 0 Å². The zero-order valence-electron chi connectivity index (χ0n) is 32.4. The Morgan fingerprint density at radius 2 is 0.867 bits per heavy atom. The Morgan fingerprint density at radius 1 is 0.300 bits per heavy atom. The molecule has 12 rings (SSSR count). The molecule has 0 spiro atoms. The van der Waals surface area contributed by atoms with Crippen molar-refractivity contribution in [1.29, 1.82) is 0 Å². The third-order valence-electron chi connectivity index (χ3n) is 11.8. The van der Waals surface area contributed by atoms with Crippen molar-refractivity contribution >= 4 is 54.4 Å². The average molecular weight is 766 g/mol. The first-order valence-corrected chi connectivity index (χ1v) is 20.3. The molecular formula is C55H35N5. The van der Waals surface area contributed by atoms with Crippen LogP contribution >= 0.6 is 0 Å². The second-order valence-electron chi connectivity index (χ2n) is 15.2. The summed E-state index contributed by atoms with van der Waals surface area (Å²) in [5, 5.41) is 7.11. The van der Waals surface area contributed by atoms with Gasteiger partial charge >= 0.3 is 0 Å². The molecule has 0 unspecified atom stereocenters. The summed E-state index contributed by atoms with van der Waals surface area (Å²) in [6, 6.07) is 75.0. The highest BCUT2D eigenvalue weighted by Gasteiger charge is 2.22. The summed E-state index contributed by atoms with van der Waals surface area (Å²) >= 11 is 0. The summed E-state index contributed by atoms with van der Waals surface area (Å²) in [7, 11) is 0.